The van der Waals surface area contributed by atoms with Gasteiger partial charge in [0.15, 0.2) is 0 Å². The van der Waals surface area contributed by atoms with Gasteiger partial charge in [0.05, 0.1) is 7.11 Å². The SMILES string of the molecule is COc1cc(CCC(=O)O)c(F)cc1C. The molecular formula is C11H13FO3. The fraction of sp³-hybridized carbons (Fsp3) is 0.364. The number of carbonyl (C=O) groups is 1. The molecule has 3 nitrogen and oxygen atoms in total. The Labute approximate surface area is 87.5 Å². The van der Waals surface area contributed by atoms with Gasteiger partial charge in [-0.25, -0.2) is 4.39 Å². The quantitative estimate of drug-likeness (QED) is 0.831. The van der Waals surface area contributed by atoms with Gasteiger partial charge in [-0.2, -0.15) is 0 Å². The predicted molar refractivity (Wildman–Crippen MR) is 53.6 cm³/mol. The number of methoxy groups -OCH3 is 1. The van der Waals surface area contributed by atoms with E-state index in [0.29, 0.717) is 16.9 Å². The molecule has 1 aromatic rings. The van der Waals surface area contributed by atoms with Gasteiger partial charge in [0, 0.05) is 6.42 Å². The van der Waals surface area contributed by atoms with Crippen LogP contribution in [0.2, 0.25) is 0 Å². The first-order valence-electron chi connectivity index (χ1n) is 4.59. The largest absolute Gasteiger partial charge is 0.496 e. The Morgan fingerprint density at radius 2 is 2.20 bits per heavy atom. The Morgan fingerprint density at radius 3 is 2.73 bits per heavy atom. The van der Waals surface area contributed by atoms with E-state index in [1.807, 2.05) is 0 Å². The normalized spacial score (nSPS) is 10.1. The molecule has 1 N–H and O–H groups in total. The summed E-state index contributed by atoms with van der Waals surface area (Å²) in [4.78, 5) is 10.4. The highest BCUT2D eigenvalue weighted by atomic mass is 19.1. The van der Waals surface area contributed by atoms with Crippen molar-refractivity contribution in [1.82, 2.24) is 0 Å². The summed E-state index contributed by atoms with van der Waals surface area (Å²) in [6.07, 6.45) is 0.0982. The molecule has 0 saturated heterocycles. The minimum absolute atomic E-state index is 0.0802. The van der Waals surface area contributed by atoms with E-state index in [4.69, 9.17) is 9.84 Å². The summed E-state index contributed by atoms with van der Waals surface area (Å²) in [5, 5.41) is 8.49. The maximum absolute atomic E-state index is 13.4. The van der Waals surface area contributed by atoms with Crippen molar-refractivity contribution in [2.24, 2.45) is 0 Å². The third-order valence-electron chi connectivity index (χ3n) is 2.17. The summed E-state index contributed by atoms with van der Waals surface area (Å²) in [5.74, 6) is -0.736. The molecule has 0 heterocycles. The summed E-state index contributed by atoms with van der Waals surface area (Å²) < 4.78 is 18.4. The van der Waals surface area contributed by atoms with Crippen LogP contribution in [0.1, 0.15) is 17.5 Å². The molecule has 4 heteroatoms. The van der Waals surface area contributed by atoms with E-state index in [2.05, 4.69) is 0 Å². The van der Waals surface area contributed by atoms with Crippen molar-refractivity contribution in [3.63, 3.8) is 0 Å². The lowest BCUT2D eigenvalue weighted by Gasteiger charge is -2.08. The lowest BCUT2D eigenvalue weighted by atomic mass is 10.1. The molecular weight excluding hydrogens is 199 g/mol. The highest BCUT2D eigenvalue weighted by molar-refractivity contribution is 5.67. The lowest BCUT2D eigenvalue weighted by molar-refractivity contribution is -0.136. The number of hydrogen-bond donors (Lipinski definition) is 1. The zero-order valence-corrected chi connectivity index (χ0v) is 8.71. The molecule has 0 aliphatic heterocycles. The molecule has 0 fully saturated rings. The molecule has 0 aliphatic carbocycles. The molecule has 0 unspecified atom stereocenters. The van der Waals surface area contributed by atoms with Crippen LogP contribution in [-0.4, -0.2) is 18.2 Å². The predicted octanol–water partition coefficient (Wildman–Crippen LogP) is 2.16. The maximum Gasteiger partial charge on any atom is 0.303 e. The van der Waals surface area contributed by atoms with Crippen molar-refractivity contribution < 1.29 is 19.0 Å². The van der Waals surface area contributed by atoms with Gasteiger partial charge < -0.3 is 9.84 Å². The number of halogens is 1. The summed E-state index contributed by atoms with van der Waals surface area (Å²) >= 11 is 0. The minimum Gasteiger partial charge on any atom is -0.496 e. The average Bonchev–Trinajstić information content (AvgIpc) is 2.16. The Bertz CT molecular complexity index is 374. The van der Waals surface area contributed by atoms with E-state index < -0.39 is 5.97 Å². The van der Waals surface area contributed by atoms with Crippen molar-refractivity contribution in [3.8, 4) is 5.75 Å². The number of carboxylic acid groups (broad SMARTS) is 1. The molecule has 1 aromatic carbocycles. The monoisotopic (exact) mass is 212 g/mol. The van der Waals surface area contributed by atoms with Gasteiger partial charge in [-0.1, -0.05) is 0 Å². The van der Waals surface area contributed by atoms with Crippen LogP contribution in [0.15, 0.2) is 12.1 Å². The summed E-state index contributed by atoms with van der Waals surface area (Å²) in [5.41, 5.74) is 1.08. The Kier molecular flexibility index (Phi) is 3.66. The first kappa shape index (κ1) is 11.5. The van der Waals surface area contributed by atoms with E-state index >= 15 is 0 Å². The second-order valence-electron chi connectivity index (χ2n) is 3.31. The molecule has 0 bridgehead atoms. The zero-order chi connectivity index (χ0) is 11.4. The zero-order valence-electron chi connectivity index (χ0n) is 8.71. The number of aliphatic carboxylic acids is 1. The second kappa shape index (κ2) is 4.77. The summed E-state index contributed by atoms with van der Waals surface area (Å²) in [6, 6.07) is 2.91. The van der Waals surface area contributed by atoms with E-state index in [-0.39, 0.29) is 18.7 Å². The van der Waals surface area contributed by atoms with Crippen LogP contribution in [0.3, 0.4) is 0 Å². The molecule has 0 saturated carbocycles. The number of carboxylic acids is 1. The van der Waals surface area contributed by atoms with Gasteiger partial charge >= 0.3 is 5.97 Å². The fourth-order valence-electron chi connectivity index (χ4n) is 1.35. The Morgan fingerprint density at radius 1 is 1.53 bits per heavy atom. The molecule has 0 atom stereocenters. The third kappa shape index (κ3) is 2.94. The van der Waals surface area contributed by atoms with E-state index in [1.165, 1.54) is 13.2 Å². The van der Waals surface area contributed by atoms with Gasteiger partial charge in [0.1, 0.15) is 11.6 Å². The fourth-order valence-corrected chi connectivity index (χ4v) is 1.35. The molecule has 0 amide bonds. The van der Waals surface area contributed by atoms with Crippen molar-refractivity contribution in [2.75, 3.05) is 7.11 Å². The molecule has 1 rings (SSSR count). The topological polar surface area (TPSA) is 46.5 Å². The number of ether oxygens (including phenoxy) is 1. The molecule has 82 valence electrons. The van der Waals surface area contributed by atoms with Crippen molar-refractivity contribution in [3.05, 3.63) is 29.1 Å². The standard InChI is InChI=1S/C11H13FO3/c1-7-5-9(12)8(3-4-11(13)14)6-10(7)15-2/h5-6H,3-4H2,1-2H3,(H,13,14). The van der Waals surface area contributed by atoms with Gasteiger partial charge in [0.25, 0.3) is 0 Å². The summed E-state index contributed by atoms with van der Waals surface area (Å²) in [7, 11) is 1.50. The third-order valence-corrected chi connectivity index (χ3v) is 2.17. The van der Waals surface area contributed by atoms with Crippen LogP contribution in [-0.2, 0) is 11.2 Å². The van der Waals surface area contributed by atoms with Gasteiger partial charge in [-0.05, 0) is 36.6 Å². The van der Waals surface area contributed by atoms with Crippen LogP contribution in [0, 0.1) is 12.7 Å². The molecule has 0 radical (unpaired) electrons. The van der Waals surface area contributed by atoms with Crippen LogP contribution in [0.5, 0.6) is 5.75 Å². The second-order valence-corrected chi connectivity index (χ2v) is 3.31. The highest BCUT2D eigenvalue weighted by Crippen LogP contribution is 2.22. The van der Waals surface area contributed by atoms with Gasteiger partial charge in [0.2, 0.25) is 0 Å². The highest BCUT2D eigenvalue weighted by Gasteiger charge is 2.09. The van der Waals surface area contributed by atoms with Crippen molar-refractivity contribution >= 4 is 5.97 Å². The summed E-state index contributed by atoms with van der Waals surface area (Å²) in [6.45, 7) is 1.74. The van der Waals surface area contributed by atoms with E-state index in [1.54, 1.807) is 13.0 Å². The lowest BCUT2D eigenvalue weighted by Crippen LogP contribution is -2.01. The van der Waals surface area contributed by atoms with E-state index in [9.17, 15) is 9.18 Å². The molecule has 0 spiro atoms. The van der Waals surface area contributed by atoms with Crippen molar-refractivity contribution in [2.45, 2.75) is 19.8 Å². The van der Waals surface area contributed by atoms with Crippen LogP contribution < -0.4 is 4.74 Å². The molecule has 15 heavy (non-hydrogen) atoms. The van der Waals surface area contributed by atoms with Crippen LogP contribution >= 0.6 is 0 Å². The van der Waals surface area contributed by atoms with Crippen LogP contribution in [0.25, 0.3) is 0 Å². The Balaban J connectivity index is 2.92. The van der Waals surface area contributed by atoms with Gasteiger partial charge in [-0.3, -0.25) is 4.79 Å². The average molecular weight is 212 g/mol. The smallest absolute Gasteiger partial charge is 0.303 e. The Hall–Kier alpha value is -1.58. The number of aryl methyl sites for hydroxylation is 2. The van der Waals surface area contributed by atoms with Crippen LogP contribution in [0.4, 0.5) is 4.39 Å². The van der Waals surface area contributed by atoms with E-state index in [0.717, 1.165) is 0 Å². The van der Waals surface area contributed by atoms with Crippen molar-refractivity contribution in [1.29, 1.82) is 0 Å². The first-order chi connectivity index (χ1) is 7.04. The molecule has 0 aliphatic rings. The van der Waals surface area contributed by atoms with Gasteiger partial charge in [-0.15, -0.1) is 0 Å². The minimum atomic E-state index is -0.936. The maximum atomic E-state index is 13.4. The molecule has 0 aromatic heterocycles. The number of rotatable bonds is 4. The first-order valence-corrected chi connectivity index (χ1v) is 4.59. The number of benzene rings is 1. The number of hydrogen-bond acceptors (Lipinski definition) is 2.